The summed E-state index contributed by atoms with van der Waals surface area (Å²) in [5.74, 6) is 0.387. The third kappa shape index (κ3) is 4.23. The van der Waals surface area contributed by atoms with Gasteiger partial charge >= 0.3 is 0 Å². The maximum Gasteiger partial charge on any atom is 0.0453 e. The lowest BCUT2D eigenvalue weighted by Crippen LogP contribution is -2.35. The molecule has 2 unspecified atom stereocenters. The lowest BCUT2D eigenvalue weighted by molar-refractivity contribution is 0.458. The quantitative estimate of drug-likeness (QED) is 0.759. The summed E-state index contributed by atoms with van der Waals surface area (Å²) in [4.78, 5) is 0. The van der Waals surface area contributed by atoms with Crippen LogP contribution in [0.25, 0.3) is 0 Å². The molecule has 0 bridgehead atoms. The highest BCUT2D eigenvalue weighted by Gasteiger charge is 2.20. The van der Waals surface area contributed by atoms with Crippen molar-refractivity contribution in [3.63, 3.8) is 0 Å². The molecular weight excluding hydrogens is 301 g/mol. The second kappa shape index (κ2) is 7.84. The predicted octanol–water partition coefficient (Wildman–Crippen LogP) is 5.32. The average Bonchev–Trinajstić information content (AvgIpc) is 2.50. The van der Waals surface area contributed by atoms with E-state index in [0.717, 1.165) is 28.6 Å². The van der Waals surface area contributed by atoms with E-state index in [1.165, 1.54) is 5.56 Å². The molecule has 0 aliphatic rings. The molecule has 1 nitrogen and oxygen atoms in total. The smallest absolute Gasteiger partial charge is 0.0453 e. The summed E-state index contributed by atoms with van der Waals surface area (Å²) in [5, 5.41) is 5.05. The Hall–Kier alpha value is -1.02. The van der Waals surface area contributed by atoms with Crippen molar-refractivity contribution in [2.45, 2.75) is 32.2 Å². The van der Waals surface area contributed by atoms with Crippen LogP contribution < -0.4 is 5.32 Å². The standard InChI is InChI=1S/C18H21Cl2N/c1-3-21-18(13(2)14-8-5-4-6-9-14)12-15-16(19)10-7-11-17(15)20/h4-11,13,18,21H,3,12H2,1-2H3. The largest absolute Gasteiger partial charge is 0.313 e. The van der Waals surface area contributed by atoms with Gasteiger partial charge in [0.1, 0.15) is 0 Å². The van der Waals surface area contributed by atoms with E-state index < -0.39 is 0 Å². The lowest BCUT2D eigenvalue weighted by atomic mass is 9.89. The van der Waals surface area contributed by atoms with Gasteiger partial charge in [0.25, 0.3) is 0 Å². The Labute approximate surface area is 137 Å². The van der Waals surface area contributed by atoms with Crippen molar-refractivity contribution in [1.29, 1.82) is 0 Å². The van der Waals surface area contributed by atoms with Crippen LogP contribution >= 0.6 is 23.2 Å². The van der Waals surface area contributed by atoms with E-state index in [2.05, 4.69) is 43.4 Å². The molecule has 2 rings (SSSR count). The van der Waals surface area contributed by atoms with Crippen molar-refractivity contribution >= 4 is 23.2 Å². The fourth-order valence-electron chi connectivity index (χ4n) is 2.62. The van der Waals surface area contributed by atoms with Crippen LogP contribution in [-0.4, -0.2) is 12.6 Å². The predicted molar refractivity (Wildman–Crippen MR) is 92.5 cm³/mol. The van der Waals surface area contributed by atoms with E-state index in [1.54, 1.807) is 0 Å². The van der Waals surface area contributed by atoms with Gasteiger partial charge in [0.15, 0.2) is 0 Å². The topological polar surface area (TPSA) is 12.0 Å². The normalized spacial score (nSPS) is 13.9. The SMILES string of the molecule is CCNC(Cc1c(Cl)cccc1Cl)C(C)c1ccccc1. The molecule has 2 aromatic rings. The molecule has 0 aromatic heterocycles. The molecule has 0 aliphatic carbocycles. The summed E-state index contributed by atoms with van der Waals surface area (Å²) in [6.45, 7) is 5.29. The van der Waals surface area contributed by atoms with E-state index in [4.69, 9.17) is 23.2 Å². The molecule has 0 saturated heterocycles. The van der Waals surface area contributed by atoms with E-state index in [-0.39, 0.29) is 0 Å². The van der Waals surface area contributed by atoms with Crippen molar-refractivity contribution < 1.29 is 0 Å². The van der Waals surface area contributed by atoms with Gasteiger partial charge in [-0.1, -0.05) is 73.4 Å². The number of nitrogens with one attached hydrogen (secondary N) is 1. The average molecular weight is 322 g/mol. The van der Waals surface area contributed by atoms with Gasteiger partial charge in [0, 0.05) is 16.1 Å². The minimum atomic E-state index is 0.301. The molecule has 112 valence electrons. The first-order valence-electron chi connectivity index (χ1n) is 7.34. The molecule has 0 fully saturated rings. The Morgan fingerprint density at radius 1 is 0.952 bits per heavy atom. The maximum atomic E-state index is 6.31. The second-order valence-electron chi connectivity index (χ2n) is 5.27. The summed E-state index contributed by atoms with van der Waals surface area (Å²) in [5.41, 5.74) is 2.35. The second-order valence-corrected chi connectivity index (χ2v) is 6.08. The van der Waals surface area contributed by atoms with Gasteiger partial charge in [-0.3, -0.25) is 0 Å². The zero-order valence-corrected chi connectivity index (χ0v) is 14.0. The Bertz CT molecular complexity index is 548. The van der Waals surface area contributed by atoms with E-state index in [0.29, 0.717) is 12.0 Å². The molecule has 3 heteroatoms. The zero-order chi connectivity index (χ0) is 15.2. The monoisotopic (exact) mass is 321 g/mol. The highest BCUT2D eigenvalue weighted by Crippen LogP contribution is 2.29. The molecular formula is C18H21Cl2N. The number of benzene rings is 2. The van der Waals surface area contributed by atoms with Gasteiger partial charge < -0.3 is 5.32 Å². The highest BCUT2D eigenvalue weighted by molar-refractivity contribution is 6.36. The van der Waals surface area contributed by atoms with Crippen molar-refractivity contribution in [1.82, 2.24) is 5.32 Å². The molecule has 0 radical (unpaired) electrons. The third-order valence-electron chi connectivity index (χ3n) is 3.88. The van der Waals surface area contributed by atoms with Crippen LogP contribution in [0.15, 0.2) is 48.5 Å². The molecule has 21 heavy (non-hydrogen) atoms. The Kier molecular flexibility index (Phi) is 6.10. The van der Waals surface area contributed by atoms with Crippen LogP contribution in [0.5, 0.6) is 0 Å². The molecule has 2 aromatic carbocycles. The maximum absolute atomic E-state index is 6.31. The first-order chi connectivity index (χ1) is 10.1. The minimum Gasteiger partial charge on any atom is -0.313 e. The first kappa shape index (κ1) is 16.4. The number of rotatable bonds is 6. The number of hydrogen-bond donors (Lipinski definition) is 1. The van der Waals surface area contributed by atoms with Gasteiger partial charge in [-0.05, 0) is 42.1 Å². The van der Waals surface area contributed by atoms with E-state index in [9.17, 15) is 0 Å². The van der Waals surface area contributed by atoms with Crippen molar-refractivity contribution in [2.75, 3.05) is 6.54 Å². The van der Waals surface area contributed by atoms with Crippen LogP contribution in [0, 0.1) is 0 Å². The van der Waals surface area contributed by atoms with Crippen molar-refractivity contribution in [2.24, 2.45) is 0 Å². The van der Waals surface area contributed by atoms with E-state index >= 15 is 0 Å². The van der Waals surface area contributed by atoms with Crippen molar-refractivity contribution in [3.05, 3.63) is 69.7 Å². The molecule has 0 aliphatic heterocycles. The minimum absolute atomic E-state index is 0.301. The molecule has 2 atom stereocenters. The lowest BCUT2D eigenvalue weighted by Gasteiger charge is -2.26. The Balaban J connectivity index is 2.23. The van der Waals surface area contributed by atoms with Crippen LogP contribution in [0.2, 0.25) is 10.0 Å². The van der Waals surface area contributed by atoms with Gasteiger partial charge in [-0.25, -0.2) is 0 Å². The van der Waals surface area contributed by atoms with Crippen LogP contribution in [-0.2, 0) is 6.42 Å². The molecule has 1 N–H and O–H groups in total. The molecule has 0 spiro atoms. The van der Waals surface area contributed by atoms with Gasteiger partial charge in [-0.2, -0.15) is 0 Å². The molecule has 0 saturated carbocycles. The third-order valence-corrected chi connectivity index (χ3v) is 4.59. The van der Waals surface area contributed by atoms with Gasteiger partial charge in [0.05, 0.1) is 0 Å². The highest BCUT2D eigenvalue weighted by atomic mass is 35.5. The number of halogens is 2. The summed E-state index contributed by atoms with van der Waals surface area (Å²) in [7, 11) is 0. The fraction of sp³-hybridized carbons (Fsp3) is 0.333. The Morgan fingerprint density at radius 2 is 1.57 bits per heavy atom. The summed E-state index contributed by atoms with van der Waals surface area (Å²) in [6, 6.07) is 16.5. The summed E-state index contributed by atoms with van der Waals surface area (Å²) in [6.07, 6.45) is 0.822. The fourth-order valence-corrected chi connectivity index (χ4v) is 3.18. The Morgan fingerprint density at radius 3 is 2.14 bits per heavy atom. The zero-order valence-electron chi connectivity index (χ0n) is 12.4. The van der Waals surface area contributed by atoms with Crippen molar-refractivity contribution in [3.8, 4) is 0 Å². The summed E-state index contributed by atoms with van der Waals surface area (Å²) >= 11 is 12.6. The first-order valence-corrected chi connectivity index (χ1v) is 8.10. The molecule has 0 heterocycles. The number of hydrogen-bond acceptors (Lipinski definition) is 1. The van der Waals surface area contributed by atoms with Crippen LogP contribution in [0.4, 0.5) is 0 Å². The van der Waals surface area contributed by atoms with E-state index in [1.807, 2.05) is 24.3 Å². The van der Waals surface area contributed by atoms with Gasteiger partial charge in [-0.15, -0.1) is 0 Å². The molecule has 0 amide bonds. The van der Waals surface area contributed by atoms with Crippen LogP contribution in [0.1, 0.15) is 30.9 Å². The summed E-state index contributed by atoms with van der Waals surface area (Å²) < 4.78 is 0. The van der Waals surface area contributed by atoms with Gasteiger partial charge in [0.2, 0.25) is 0 Å². The van der Waals surface area contributed by atoms with Crippen LogP contribution in [0.3, 0.4) is 0 Å². The number of likely N-dealkylation sites (N-methyl/N-ethyl adjacent to an activating group) is 1.